The summed E-state index contributed by atoms with van der Waals surface area (Å²) in [7, 11) is 1.59. The second-order valence-corrected chi connectivity index (χ2v) is 4.77. The van der Waals surface area contributed by atoms with Gasteiger partial charge < -0.3 is 9.84 Å². The number of ether oxygens (including phenoxy) is 1. The van der Waals surface area contributed by atoms with Crippen LogP contribution in [0.4, 0.5) is 0 Å². The number of hydrogen-bond donors (Lipinski definition) is 1. The summed E-state index contributed by atoms with van der Waals surface area (Å²) in [5, 5.41) is 9.56. The molecule has 0 aliphatic heterocycles. The molecule has 0 saturated heterocycles. The van der Waals surface area contributed by atoms with Crippen LogP contribution in [0.1, 0.15) is 25.3 Å². The number of aliphatic hydroxyl groups is 1. The lowest BCUT2D eigenvalue weighted by molar-refractivity contribution is -0.126. The van der Waals surface area contributed by atoms with Crippen LogP contribution in [0.2, 0.25) is 0 Å². The summed E-state index contributed by atoms with van der Waals surface area (Å²) in [5.41, 5.74) is 0.873. The van der Waals surface area contributed by atoms with E-state index in [0.717, 1.165) is 22.2 Å². The molecule has 0 bridgehead atoms. The molecule has 0 aliphatic rings. The molecule has 94 valence electrons. The smallest absolute Gasteiger partial charge is 0.165 e. The van der Waals surface area contributed by atoms with E-state index in [1.165, 1.54) is 0 Å². The average molecular weight is 301 g/mol. The summed E-state index contributed by atoms with van der Waals surface area (Å²) >= 11 is 3.37. The van der Waals surface area contributed by atoms with Crippen molar-refractivity contribution in [1.82, 2.24) is 0 Å². The van der Waals surface area contributed by atoms with Crippen LogP contribution < -0.4 is 4.74 Å². The third-order valence-corrected chi connectivity index (χ3v) is 3.15. The van der Waals surface area contributed by atoms with E-state index in [4.69, 9.17) is 4.74 Å². The fourth-order valence-electron chi connectivity index (χ4n) is 1.57. The summed E-state index contributed by atoms with van der Waals surface area (Å²) in [5.74, 6) is 0.597. The molecule has 0 amide bonds. The van der Waals surface area contributed by atoms with Crippen molar-refractivity contribution in [2.75, 3.05) is 7.11 Å². The molecule has 1 aromatic carbocycles. The monoisotopic (exact) mass is 300 g/mol. The molecule has 3 nitrogen and oxygen atoms in total. The number of hydrogen-bond acceptors (Lipinski definition) is 3. The predicted octanol–water partition coefficient (Wildman–Crippen LogP) is 2.73. The van der Waals surface area contributed by atoms with Gasteiger partial charge in [-0.25, -0.2) is 0 Å². The van der Waals surface area contributed by atoms with Crippen LogP contribution in [0.15, 0.2) is 22.7 Å². The van der Waals surface area contributed by atoms with Crippen molar-refractivity contribution in [2.24, 2.45) is 0 Å². The molecule has 1 N–H and O–H groups in total. The van der Waals surface area contributed by atoms with Gasteiger partial charge in [0.1, 0.15) is 11.9 Å². The number of carbonyl (C=O) groups is 1. The highest BCUT2D eigenvalue weighted by atomic mass is 79.9. The second kappa shape index (κ2) is 6.77. The van der Waals surface area contributed by atoms with Crippen LogP contribution in [-0.4, -0.2) is 24.1 Å². The van der Waals surface area contributed by atoms with Crippen molar-refractivity contribution in [3.63, 3.8) is 0 Å². The molecular weight excluding hydrogens is 284 g/mol. The van der Waals surface area contributed by atoms with Gasteiger partial charge in [-0.05, 0) is 40.0 Å². The van der Waals surface area contributed by atoms with Gasteiger partial charge in [0, 0.05) is 6.42 Å². The topological polar surface area (TPSA) is 46.5 Å². The lowest BCUT2D eigenvalue weighted by atomic mass is 10.0. The lowest BCUT2D eigenvalue weighted by Crippen LogP contribution is -2.21. The Morgan fingerprint density at radius 1 is 1.53 bits per heavy atom. The van der Waals surface area contributed by atoms with E-state index in [1.807, 2.05) is 19.1 Å². The zero-order valence-electron chi connectivity index (χ0n) is 10.1. The number of benzene rings is 1. The first-order chi connectivity index (χ1) is 8.08. The number of aliphatic hydroxyl groups excluding tert-OH is 1. The molecule has 1 unspecified atom stereocenters. The van der Waals surface area contributed by atoms with Gasteiger partial charge in [0.05, 0.1) is 11.6 Å². The highest BCUT2D eigenvalue weighted by Gasteiger charge is 2.14. The second-order valence-electron chi connectivity index (χ2n) is 3.92. The van der Waals surface area contributed by atoms with Gasteiger partial charge in [-0.15, -0.1) is 0 Å². The Labute approximate surface area is 110 Å². The van der Waals surface area contributed by atoms with Crippen LogP contribution in [0.3, 0.4) is 0 Å². The predicted molar refractivity (Wildman–Crippen MR) is 70.3 cm³/mol. The Morgan fingerprint density at radius 3 is 2.76 bits per heavy atom. The van der Waals surface area contributed by atoms with Gasteiger partial charge in [0.2, 0.25) is 0 Å². The normalized spacial score (nSPS) is 12.2. The molecule has 17 heavy (non-hydrogen) atoms. The van der Waals surface area contributed by atoms with Gasteiger partial charge in [-0.1, -0.05) is 19.4 Å². The minimum absolute atomic E-state index is 0.135. The zero-order chi connectivity index (χ0) is 12.8. The summed E-state index contributed by atoms with van der Waals surface area (Å²) in [6.45, 7) is 1.94. The van der Waals surface area contributed by atoms with Crippen LogP contribution in [0.5, 0.6) is 5.75 Å². The van der Waals surface area contributed by atoms with Gasteiger partial charge in [-0.3, -0.25) is 4.79 Å². The fourth-order valence-corrected chi connectivity index (χ4v) is 2.16. The minimum Gasteiger partial charge on any atom is -0.496 e. The van der Waals surface area contributed by atoms with Gasteiger partial charge in [0.25, 0.3) is 0 Å². The van der Waals surface area contributed by atoms with E-state index in [1.54, 1.807) is 13.2 Å². The van der Waals surface area contributed by atoms with E-state index in [-0.39, 0.29) is 12.2 Å². The van der Waals surface area contributed by atoms with Crippen LogP contribution in [0, 0.1) is 0 Å². The standard InChI is InChI=1S/C13H17BrO3/c1-3-4-11(15)12(16)8-9-5-6-13(17-2)10(14)7-9/h5-7,11,15H,3-4,8H2,1-2H3. The number of carbonyl (C=O) groups excluding carboxylic acids is 1. The SMILES string of the molecule is CCCC(O)C(=O)Cc1ccc(OC)c(Br)c1. The van der Waals surface area contributed by atoms with E-state index < -0.39 is 6.10 Å². The van der Waals surface area contributed by atoms with Crippen molar-refractivity contribution < 1.29 is 14.6 Å². The fraction of sp³-hybridized carbons (Fsp3) is 0.462. The molecule has 4 heteroatoms. The number of Topliss-reactive ketones (excluding diaryl/α,β-unsaturated/α-hetero) is 1. The number of ketones is 1. The van der Waals surface area contributed by atoms with E-state index in [9.17, 15) is 9.90 Å². The molecule has 1 rings (SSSR count). The maximum atomic E-state index is 11.7. The van der Waals surface area contributed by atoms with Gasteiger partial charge in [0.15, 0.2) is 5.78 Å². The van der Waals surface area contributed by atoms with Crippen molar-refractivity contribution in [3.8, 4) is 5.75 Å². The third-order valence-electron chi connectivity index (χ3n) is 2.53. The first kappa shape index (κ1) is 14.2. The van der Waals surface area contributed by atoms with Crippen molar-refractivity contribution in [3.05, 3.63) is 28.2 Å². The molecule has 0 saturated carbocycles. The molecular formula is C13H17BrO3. The molecule has 0 heterocycles. The summed E-state index contributed by atoms with van der Waals surface area (Å²) in [4.78, 5) is 11.7. The van der Waals surface area contributed by atoms with Crippen molar-refractivity contribution in [1.29, 1.82) is 0 Å². The molecule has 1 atom stereocenters. The first-order valence-electron chi connectivity index (χ1n) is 5.61. The molecule has 0 radical (unpaired) electrons. The van der Waals surface area contributed by atoms with Gasteiger partial charge >= 0.3 is 0 Å². The number of halogens is 1. The zero-order valence-corrected chi connectivity index (χ0v) is 11.7. The quantitative estimate of drug-likeness (QED) is 0.879. The Balaban J connectivity index is 2.69. The Morgan fingerprint density at radius 2 is 2.24 bits per heavy atom. The van der Waals surface area contributed by atoms with Crippen molar-refractivity contribution >= 4 is 21.7 Å². The summed E-state index contributed by atoms with van der Waals surface area (Å²) in [6.07, 6.45) is 0.736. The molecule has 0 spiro atoms. The Bertz CT molecular complexity index is 390. The minimum atomic E-state index is -0.846. The first-order valence-corrected chi connectivity index (χ1v) is 6.41. The summed E-state index contributed by atoms with van der Waals surface area (Å²) < 4.78 is 5.92. The van der Waals surface area contributed by atoms with Gasteiger partial charge in [-0.2, -0.15) is 0 Å². The highest BCUT2D eigenvalue weighted by molar-refractivity contribution is 9.10. The Hall–Kier alpha value is -0.870. The van der Waals surface area contributed by atoms with Crippen molar-refractivity contribution in [2.45, 2.75) is 32.3 Å². The molecule has 0 fully saturated rings. The average Bonchev–Trinajstić information content (AvgIpc) is 2.29. The Kier molecular flexibility index (Phi) is 5.65. The van der Waals surface area contributed by atoms with E-state index in [2.05, 4.69) is 15.9 Å². The van der Waals surface area contributed by atoms with Crippen LogP contribution in [0.25, 0.3) is 0 Å². The lowest BCUT2D eigenvalue weighted by Gasteiger charge is -2.09. The third kappa shape index (κ3) is 4.13. The molecule has 1 aromatic rings. The number of methoxy groups -OCH3 is 1. The largest absolute Gasteiger partial charge is 0.496 e. The van der Waals surface area contributed by atoms with Crippen LogP contribution >= 0.6 is 15.9 Å². The maximum Gasteiger partial charge on any atom is 0.165 e. The van der Waals surface area contributed by atoms with E-state index in [0.29, 0.717) is 6.42 Å². The maximum absolute atomic E-state index is 11.7. The molecule has 0 aliphatic carbocycles. The summed E-state index contributed by atoms with van der Waals surface area (Å²) in [6, 6.07) is 5.48. The molecule has 0 aromatic heterocycles. The number of rotatable bonds is 6. The van der Waals surface area contributed by atoms with Crippen LogP contribution in [-0.2, 0) is 11.2 Å². The highest BCUT2D eigenvalue weighted by Crippen LogP contribution is 2.25. The van der Waals surface area contributed by atoms with E-state index >= 15 is 0 Å².